The summed E-state index contributed by atoms with van der Waals surface area (Å²) in [5.41, 5.74) is 4.68. The van der Waals surface area contributed by atoms with Gasteiger partial charge in [-0.2, -0.15) is 0 Å². The van der Waals surface area contributed by atoms with E-state index in [4.69, 9.17) is 0 Å². The molecule has 0 aliphatic carbocycles. The van der Waals surface area contributed by atoms with Crippen LogP contribution in [0, 0.1) is 0 Å². The Kier molecular flexibility index (Phi) is 5.37. The monoisotopic (exact) mass is 295 g/mol. The highest BCUT2D eigenvalue weighted by Gasteiger charge is 2.06. The first-order chi connectivity index (χ1) is 10.6. The summed E-state index contributed by atoms with van der Waals surface area (Å²) in [7, 11) is 1.90. The lowest BCUT2D eigenvalue weighted by Crippen LogP contribution is -1.99. The summed E-state index contributed by atoms with van der Waals surface area (Å²) < 4.78 is 0. The Hall–Kier alpha value is -2.55. The third kappa shape index (κ3) is 3.98. The van der Waals surface area contributed by atoms with Crippen molar-refractivity contribution < 1.29 is 9.90 Å². The van der Waals surface area contributed by atoms with E-state index in [-0.39, 0.29) is 0 Å². The quantitative estimate of drug-likeness (QED) is 0.762. The van der Waals surface area contributed by atoms with E-state index in [0.29, 0.717) is 12.0 Å². The number of aliphatic carboxylic acids is 1. The fourth-order valence-electron chi connectivity index (χ4n) is 2.34. The largest absolute Gasteiger partial charge is 0.478 e. The van der Waals surface area contributed by atoms with E-state index in [1.165, 1.54) is 0 Å². The number of nitrogens with one attached hydrogen (secondary N) is 1. The summed E-state index contributed by atoms with van der Waals surface area (Å²) in [4.78, 5) is 11.2. The van der Waals surface area contributed by atoms with Crippen LogP contribution in [0.5, 0.6) is 0 Å². The minimum absolute atomic E-state index is 0.451. The van der Waals surface area contributed by atoms with Crippen LogP contribution in [0.3, 0.4) is 0 Å². The maximum absolute atomic E-state index is 11.2. The molecule has 2 rings (SSSR count). The Bertz CT molecular complexity index is 672. The summed E-state index contributed by atoms with van der Waals surface area (Å²) in [5, 5.41) is 12.3. The summed E-state index contributed by atoms with van der Waals surface area (Å²) in [6, 6.07) is 16.1. The standard InChI is InChI=1S/C19H21NO2/c1-3-5-17(19(21)22)12-14-8-10-15(11-9-14)16-6-4-7-18(13-16)20-2/h4,6-13,20H,3,5H2,1-2H3,(H,21,22)/b17-12+. The van der Waals surface area contributed by atoms with Gasteiger partial charge in [-0.25, -0.2) is 4.79 Å². The Morgan fingerprint density at radius 3 is 2.45 bits per heavy atom. The lowest BCUT2D eigenvalue weighted by molar-refractivity contribution is -0.132. The zero-order valence-electron chi connectivity index (χ0n) is 13.0. The molecule has 0 fully saturated rings. The molecule has 0 amide bonds. The molecule has 0 saturated carbocycles. The van der Waals surface area contributed by atoms with Crippen molar-refractivity contribution in [2.24, 2.45) is 0 Å². The Balaban J connectivity index is 2.26. The van der Waals surface area contributed by atoms with E-state index in [1.54, 1.807) is 6.08 Å². The van der Waals surface area contributed by atoms with Crippen LogP contribution in [0.4, 0.5) is 5.69 Å². The predicted octanol–water partition coefficient (Wildman–Crippen LogP) is 4.66. The number of hydrogen-bond donors (Lipinski definition) is 2. The average Bonchev–Trinajstić information content (AvgIpc) is 2.55. The normalized spacial score (nSPS) is 11.3. The molecule has 114 valence electrons. The first kappa shape index (κ1) is 15.8. The van der Waals surface area contributed by atoms with Crippen LogP contribution in [0.1, 0.15) is 25.3 Å². The number of hydrogen-bond acceptors (Lipinski definition) is 2. The van der Waals surface area contributed by atoms with Crippen molar-refractivity contribution in [3.63, 3.8) is 0 Å². The van der Waals surface area contributed by atoms with Gasteiger partial charge in [-0.1, -0.05) is 49.7 Å². The molecule has 0 radical (unpaired) electrons. The molecule has 2 aromatic carbocycles. The molecule has 2 N–H and O–H groups in total. The lowest BCUT2D eigenvalue weighted by Gasteiger charge is -2.06. The van der Waals surface area contributed by atoms with E-state index in [9.17, 15) is 9.90 Å². The number of rotatable bonds is 6. The van der Waals surface area contributed by atoms with Crippen molar-refractivity contribution in [3.8, 4) is 11.1 Å². The molecule has 0 aromatic heterocycles. The molecule has 0 saturated heterocycles. The van der Waals surface area contributed by atoms with Crippen molar-refractivity contribution in [2.45, 2.75) is 19.8 Å². The van der Waals surface area contributed by atoms with Gasteiger partial charge in [0.15, 0.2) is 0 Å². The fraction of sp³-hybridized carbons (Fsp3) is 0.211. The first-order valence-corrected chi connectivity index (χ1v) is 7.46. The van der Waals surface area contributed by atoms with Crippen LogP contribution in [0.2, 0.25) is 0 Å². The number of carboxylic acid groups (broad SMARTS) is 1. The van der Waals surface area contributed by atoms with Gasteiger partial charge in [0.05, 0.1) is 0 Å². The molecule has 0 unspecified atom stereocenters. The van der Waals surface area contributed by atoms with Gasteiger partial charge >= 0.3 is 5.97 Å². The lowest BCUT2D eigenvalue weighted by atomic mass is 10.0. The third-order valence-corrected chi connectivity index (χ3v) is 3.53. The van der Waals surface area contributed by atoms with Crippen molar-refractivity contribution in [3.05, 3.63) is 59.7 Å². The van der Waals surface area contributed by atoms with E-state index >= 15 is 0 Å². The molecule has 0 aliphatic rings. The number of carboxylic acids is 1. The summed E-state index contributed by atoms with van der Waals surface area (Å²) in [5.74, 6) is -0.840. The van der Waals surface area contributed by atoms with Gasteiger partial charge in [0.25, 0.3) is 0 Å². The molecule has 0 spiro atoms. The second kappa shape index (κ2) is 7.46. The van der Waals surface area contributed by atoms with Crippen molar-refractivity contribution >= 4 is 17.7 Å². The predicted molar refractivity (Wildman–Crippen MR) is 91.9 cm³/mol. The van der Waals surface area contributed by atoms with Gasteiger partial charge in [-0.05, 0) is 41.3 Å². The highest BCUT2D eigenvalue weighted by atomic mass is 16.4. The topological polar surface area (TPSA) is 49.3 Å². The Morgan fingerprint density at radius 2 is 1.86 bits per heavy atom. The van der Waals surface area contributed by atoms with Gasteiger partial charge in [-0.15, -0.1) is 0 Å². The highest BCUT2D eigenvalue weighted by molar-refractivity contribution is 5.92. The SMILES string of the molecule is CCC/C(=C\c1ccc(-c2cccc(NC)c2)cc1)C(=O)O. The first-order valence-electron chi connectivity index (χ1n) is 7.46. The maximum atomic E-state index is 11.2. The Labute approximate surface area is 131 Å². The van der Waals surface area contributed by atoms with Crippen LogP contribution < -0.4 is 5.32 Å². The fourth-order valence-corrected chi connectivity index (χ4v) is 2.34. The third-order valence-electron chi connectivity index (χ3n) is 3.53. The van der Waals surface area contributed by atoms with Crippen molar-refractivity contribution in [1.82, 2.24) is 0 Å². The van der Waals surface area contributed by atoms with Gasteiger partial charge < -0.3 is 10.4 Å². The van der Waals surface area contributed by atoms with Crippen molar-refractivity contribution in [2.75, 3.05) is 12.4 Å². The molecule has 0 aliphatic heterocycles. The number of anilines is 1. The number of carbonyl (C=O) groups is 1. The van der Waals surface area contributed by atoms with Crippen LogP contribution in [0.25, 0.3) is 17.2 Å². The van der Waals surface area contributed by atoms with E-state index in [2.05, 4.69) is 17.4 Å². The highest BCUT2D eigenvalue weighted by Crippen LogP contribution is 2.23. The second-order valence-electron chi connectivity index (χ2n) is 5.18. The Morgan fingerprint density at radius 1 is 1.14 bits per heavy atom. The molecule has 3 nitrogen and oxygen atoms in total. The van der Waals surface area contributed by atoms with E-state index in [0.717, 1.165) is 28.8 Å². The van der Waals surface area contributed by atoms with Crippen LogP contribution in [0.15, 0.2) is 54.1 Å². The second-order valence-corrected chi connectivity index (χ2v) is 5.18. The molecular weight excluding hydrogens is 274 g/mol. The molecule has 3 heteroatoms. The van der Waals surface area contributed by atoms with Gasteiger partial charge in [-0.3, -0.25) is 0 Å². The van der Waals surface area contributed by atoms with Crippen LogP contribution in [-0.4, -0.2) is 18.1 Å². The molecule has 0 atom stereocenters. The summed E-state index contributed by atoms with van der Waals surface area (Å²) in [6.07, 6.45) is 3.16. The summed E-state index contributed by atoms with van der Waals surface area (Å²) >= 11 is 0. The minimum atomic E-state index is -0.840. The smallest absolute Gasteiger partial charge is 0.331 e. The summed E-state index contributed by atoms with van der Waals surface area (Å²) in [6.45, 7) is 1.98. The van der Waals surface area contributed by atoms with E-state index in [1.807, 2.05) is 50.4 Å². The van der Waals surface area contributed by atoms with Crippen LogP contribution in [-0.2, 0) is 4.79 Å². The van der Waals surface area contributed by atoms with Gasteiger partial charge in [0.2, 0.25) is 0 Å². The molecular formula is C19H21NO2. The van der Waals surface area contributed by atoms with Gasteiger partial charge in [0, 0.05) is 18.3 Å². The molecule has 22 heavy (non-hydrogen) atoms. The molecule has 2 aromatic rings. The number of benzene rings is 2. The average molecular weight is 295 g/mol. The maximum Gasteiger partial charge on any atom is 0.331 e. The molecule has 0 heterocycles. The van der Waals surface area contributed by atoms with E-state index < -0.39 is 5.97 Å². The zero-order valence-corrected chi connectivity index (χ0v) is 13.0. The van der Waals surface area contributed by atoms with Crippen LogP contribution >= 0.6 is 0 Å². The minimum Gasteiger partial charge on any atom is -0.478 e. The van der Waals surface area contributed by atoms with Crippen molar-refractivity contribution in [1.29, 1.82) is 0 Å². The zero-order chi connectivity index (χ0) is 15.9. The molecule has 0 bridgehead atoms. The van der Waals surface area contributed by atoms with Gasteiger partial charge in [0.1, 0.15) is 0 Å².